The summed E-state index contributed by atoms with van der Waals surface area (Å²) in [6.45, 7) is 4.18. The summed E-state index contributed by atoms with van der Waals surface area (Å²) < 4.78 is 0. The minimum Gasteiger partial charge on any atom is -0.508 e. The van der Waals surface area contributed by atoms with Gasteiger partial charge in [-0.05, 0) is 74.1 Å². The maximum absolute atomic E-state index is 10.6. The first-order valence-electron chi connectivity index (χ1n) is 8.83. The maximum atomic E-state index is 10.6. The van der Waals surface area contributed by atoms with Crippen LogP contribution < -0.4 is 0 Å². The normalized spacial score (nSPS) is 36.7. The van der Waals surface area contributed by atoms with Crippen molar-refractivity contribution in [3.63, 3.8) is 0 Å². The molecule has 1 fully saturated rings. The van der Waals surface area contributed by atoms with Gasteiger partial charge in [0, 0.05) is 5.41 Å². The minimum atomic E-state index is -0.679. The highest BCUT2D eigenvalue weighted by atomic mass is 16.3. The number of hydrogen-bond donors (Lipinski definition) is 3. The van der Waals surface area contributed by atoms with Gasteiger partial charge >= 0.3 is 0 Å². The number of allylic oxidation sites excluding steroid dienone is 2. The van der Waals surface area contributed by atoms with Crippen molar-refractivity contribution in [2.75, 3.05) is 0 Å². The Labute approximate surface area is 138 Å². The Morgan fingerprint density at radius 3 is 2.78 bits per heavy atom. The van der Waals surface area contributed by atoms with E-state index < -0.39 is 12.2 Å². The second-order valence-corrected chi connectivity index (χ2v) is 7.23. The molecule has 1 aromatic carbocycles. The monoisotopic (exact) mass is 316 g/mol. The van der Waals surface area contributed by atoms with E-state index in [1.165, 1.54) is 11.1 Å². The van der Waals surface area contributed by atoms with E-state index in [-0.39, 0.29) is 11.3 Å². The average Bonchev–Trinajstić information content (AvgIpc) is 2.55. The number of fused-ring (bicyclic) bond motifs is 3. The van der Waals surface area contributed by atoms with Gasteiger partial charge in [0.1, 0.15) is 5.75 Å². The molecular weight excluding hydrogens is 288 g/mol. The lowest BCUT2D eigenvalue weighted by molar-refractivity contribution is -0.105. The average molecular weight is 316 g/mol. The molecule has 1 saturated carbocycles. The Balaban J connectivity index is 2.07. The molecule has 126 valence electrons. The highest BCUT2D eigenvalue weighted by Crippen LogP contribution is 2.55. The first kappa shape index (κ1) is 16.5. The smallest absolute Gasteiger partial charge is 0.115 e. The van der Waals surface area contributed by atoms with E-state index in [9.17, 15) is 15.3 Å². The minimum absolute atomic E-state index is 0.0911. The van der Waals surface area contributed by atoms with Gasteiger partial charge in [0.05, 0.1) is 12.2 Å². The summed E-state index contributed by atoms with van der Waals surface area (Å²) in [6, 6.07) is 5.68. The Bertz CT molecular complexity index is 595. The van der Waals surface area contributed by atoms with Crippen molar-refractivity contribution in [3.8, 4) is 5.75 Å². The Morgan fingerprint density at radius 1 is 1.30 bits per heavy atom. The van der Waals surface area contributed by atoms with Crippen LogP contribution in [0.15, 0.2) is 30.4 Å². The zero-order valence-corrected chi connectivity index (χ0v) is 14.1. The molecule has 0 saturated heterocycles. The first-order chi connectivity index (χ1) is 11.0. The quantitative estimate of drug-likeness (QED) is 0.750. The van der Waals surface area contributed by atoms with Crippen LogP contribution in [0, 0.1) is 11.8 Å². The fourth-order valence-electron chi connectivity index (χ4n) is 5.16. The van der Waals surface area contributed by atoms with Gasteiger partial charge in [-0.1, -0.05) is 25.1 Å². The molecule has 0 heterocycles. The van der Waals surface area contributed by atoms with Crippen LogP contribution in [0.4, 0.5) is 0 Å². The van der Waals surface area contributed by atoms with Crippen molar-refractivity contribution < 1.29 is 15.3 Å². The summed E-state index contributed by atoms with van der Waals surface area (Å²) >= 11 is 0. The third-order valence-electron chi connectivity index (χ3n) is 6.26. The van der Waals surface area contributed by atoms with E-state index in [0.29, 0.717) is 18.1 Å². The maximum Gasteiger partial charge on any atom is 0.115 e. The summed E-state index contributed by atoms with van der Waals surface area (Å²) in [5, 5.41) is 30.9. The van der Waals surface area contributed by atoms with Crippen LogP contribution in [0.5, 0.6) is 5.75 Å². The zero-order valence-electron chi connectivity index (χ0n) is 14.1. The molecule has 4 unspecified atom stereocenters. The molecule has 0 spiro atoms. The molecule has 0 radical (unpaired) electrons. The summed E-state index contributed by atoms with van der Waals surface area (Å²) in [5.74, 6) is 0.784. The molecule has 0 aliphatic heterocycles. The lowest BCUT2D eigenvalue weighted by Gasteiger charge is -2.55. The summed E-state index contributed by atoms with van der Waals surface area (Å²) in [4.78, 5) is 0. The summed E-state index contributed by atoms with van der Waals surface area (Å²) in [5.41, 5.74) is 2.38. The fraction of sp³-hybridized carbons (Fsp3) is 0.600. The standard InChI is InChI=1S/C20H28O3/c1-3-5-6-15-17-9-7-13-11-14(21)8-10-16(13)20(17,4-2)12-18(22)19(15)23/h3,5,8,10-11,15,17-19,21-23H,4,6-7,9,12H2,1-2H3/t15?,17-,18?,19?,20?/m1/s1. The van der Waals surface area contributed by atoms with Gasteiger partial charge < -0.3 is 15.3 Å². The number of phenolic OH excluding ortho intramolecular Hbond substituents is 1. The molecule has 0 aromatic heterocycles. The number of hydrogen-bond acceptors (Lipinski definition) is 3. The summed E-state index contributed by atoms with van der Waals surface area (Å²) in [6.07, 6.45) is 7.13. The van der Waals surface area contributed by atoms with Crippen molar-refractivity contribution in [1.29, 1.82) is 0 Å². The Hall–Kier alpha value is -1.32. The van der Waals surface area contributed by atoms with E-state index >= 15 is 0 Å². The van der Waals surface area contributed by atoms with E-state index in [2.05, 4.69) is 13.0 Å². The van der Waals surface area contributed by atoms with Crippen LogP contribution in [-0.2, 0) is 11.8 Å². The predicted molar refractivity (Wildman–Crippen MR) is 91.4 cm³/mol. The van der Waals surface area contributed by atoms with Gasteiger partial charge in [-0.15, -0.1) is 0 Å². The molecular formula is C20H28O3. The van der Waals surface area contributed by atoms with Gasteiger partial charge in [0.2, 0.25) is 0 Å². The van der Waals surface area contributed by atoms with Crippen molar-refractivity contribution in [2.45, 2.75) is 63.6 Å². The van der Waals surface area contributed by atoms with E-state index in [1.54, 1.807) is 6.07 Å². The zero-order chi connectivity index (χ0) is 16.6. The number of phenols is 1. The number of aliphatic hydroxyl groups is 2. The lowest BCUT2D eigenvalue weighted by Crippen LogP contribution is -2.56. The van der Waals surface area contributed by atoms with Crippen molar-refractivity contribution in [1.82, 2.24) is 0 Å². The van der Waals surface area contributed by atoms with Gasteiger partial charge in [0.15, 0.2) is 0 Å². The number of benzene rings is 1. The van der Waals surface area contributed by atoms with Crippen LogP contribution in [0.3, 0.4) is 0 Å². The second-order valence-electron chi connectivity index (χ2n) is 7.23. The fourth-order valence-corrected chi connectivity index (χ4v) is 5.16. The SMILES string of the molecule is CC=CCC1C(O)C(O)CC2(CC)c3ccc(O)cc3CC[C@H]12. The number of aryl methyl sites for hydroxylation is 1. The predicted octanol–water partition coefficient (Wildman–Crippen LogP) is 3.31. The van der Waals surface area contributed by atoms with Crippen LogP contribution in [0.1, 0.15) is 50.7 Å². The topological polar surface area (TPSA) is 60.7 Å². The van der Waals surface area contributed by atoms with Crippen molar-refractivity contribution >= 4 is 0 Å². The summed E-state index contributed by atoms with van der Waals surface area (Å²) in [7, 11) is 0. The molecule has 3 N–H and O–H groups in total. The van der Waals surface area contributed by atoms with Gasteiger partial charge in [-0.25, -0.2) is 0 Å². The van der Waals surface area contributed by atoms with E-state index in [4.69, 9.17) is 0 Å². The van der Waals surface area contributed by atoms with Crippen molar-refractivity contribution in [2.24, 2.45) is 11.8 Å². The number of aromatic hydroxyl groups is 1. The molecule has 0 bridgehead atoms. The van der Waals surface area contributed by atoms with Crippen molar-refractivity contribution in [3.05, 3.63) is 41.5 Å². The highest BCUT2D eigenvalue weighted by molar-refractivity contribution is 5.43. The van der Waals surface area contributed by atoms with Crippen LogP contribution >= 0.6 is 0 Å². The van der Waals surface area contributed by atoms with Gasteiger partial charge in [-0.2, -0.15) is 0 Å². The lowest BCUT2D eigenvalue weighted by atomic mass is 9.51. The third-order valence-corrected chi connectivity index (χ3v) is 6.26. The van der Waals surface area contributed by atoms with Crippen LogP contribution in [0.25, 0.3) is 0 Å². The highest BCUT2D eigenvalue weighted by Gasteiger charge is 2.53. The molecule has 5 atom stereocenters. The molecule has 3 nitrogen and oxygen atoms in total. The second kappa shape index (κ2) is 6.29. The first-order valence-corrected chi connectivity index (χ1v) is 8.83. The van der Waals surface area contributed by atoms with Gasteiger partial charge in [0.25, 0.3) is 0 Å². The molecule has 23 heavy (non-hydrogen) atoms. The molecule has 3 heteroatoms. The van der Waals surface area contributed by atoms with Crippen LogP contribution in [-0.4, -0.2) is 27.5 Å². The largest absolute Gasteiger partial charge is 0.508 e. The number of aliphatic hydroxyl groups excluding tert-OH is 2. The van der Waals surface area contributed by atoms with E-state index in [1.807, 2.05) is 25.1 Å². The molecule has 0 amide bonds. The molecule has 1 aromatic rings. The van der Waals surface area contributed by atoms with Gasteiger partial charge in [-0.3, -0.25) is 0 Å². The molecule has 3 rings (SSSR count). The van der Waals surface area contributed by atoms with Crippen LogP contribution in [0.2, 0.25) is 0 Å². The Morgan fingerprint density at radius 2 is 2.09 bits per heavy atom. The van der Waals surface area contributed by atoms with E-state index in [0.717, 1.165) is 25.7 Å². The third kappa shape index (κ3) is 2.60. The Kier molecular flexibility index (Phi) is 4.52. The number of rotatable bonds is 3. The molecule has 2 aliphatic carbocycles. The molecule has 2 aliphatic rings.